The second kappa shape index (κ2) is 13.3. The molecule has 0 unspecified atom stereocenters. The number of aryl methyl sites for hydroxylation is 2. The van der Waals surface area contributed by atoms with E-state index in [4.69, 9.17) is 0 Å². The third kappa shape index (κ3) is 8.26. The summed E-state index contributed by atoms with van der Waals surface area (Å²) in [5.41, 5.74) is 3.63. The van der Waals surface area contributed by atoms with Crippen molar-refractivity contribution in [3.8, 4) is 0 Å². The second-order valence-corrected chi connectivity index (χ2v) is 8.52. The van der Waals surface area contributed by atoms with Crippen LogP contribution in [0.15, 0.2) is 84.1 Å². The molecule has 1 aliphatic heterocycles. The van der Waals surface area contributed by atoms with Gasteiger partial charge in [0.2, 0.25) is 5.91 Å². The summed E-state index contributed by atoms with van der Waals surface area (Å²) in [6.45, 7) is 1.65. The fraction of sp³-hybridized carbons (Fsp3) is 0.357. The summed E-state index contributed by atoms with van der Waals surface area (Å²) in [6, 6.07) is 20.7. The van der Waals surface area contributed by atoms with Gasteiger partial charge in [-0.15, -0.1) is 0 Å². The Morgan fingerprint density at radius 2 is 1.27 bits per heavy atom. The van der Waals surface area contributed by atoms with Gasteiger partial charge in [-0.2, -0.15) is 0 Å². The third-order valence-electron chi connectivity index (χ3n) is 5.79. The molecule has 0 aliphatic carbocycles. The lowest BCUT2D eigenvalue weighted by Gasteiger charge is -2.23. The van der Waals surface area contributed by atoms with Crippen LogP contribution < -0.4 is 10.6 Å². The lowest BCUT2D eigenvalue weighted by atomic mass is 10.0. The number of hydrogen-bond acceptors (Lipinski definition) is 3. The van der Waals surface area contributed by atoms with Crippen molar-refractivity contribution in [2.45, 2.75) is 38.5 Å². The van der Waals surface area contributed by atoms with Gasteiger partial charge in [0.25, 0.3) is 5.91 Å². The van der Waals surface area contributed by atoms with Crippen LogP contribution >= 0.6 is 0 Å². The number of unbranched alkanes of at least 4 members (excludes halogenated alkanes) is 2. The highest BCUT2D eigenvalue weighted by Crippen LogP contribution is 2.15. The Morgan fingerprint density at radius 3 is 1.82 bits per heavy atom. The standard InChI is InChI=1S/C28H35N3O2/c1-31-21-18-25(27(32)29-19-10-8-16-23-12-4-2-5-13-23)26(22-31)28(33)30-20-11-9-17-24-14-6-3-7-15-24/h2-7,12-15,18,21H,8-11,16-17,19-20,22H2,1H3,(H,29,32)(H,30,33). The Balaban J connectivity index is 1.42. The molecular formula is C28H35N3O2. The molecule has 2 N–H and O–H groups in total. The Morgan fingerprint density at radius 1 is 0.758 bits per heavy atom. The first-order valence-corrected chi connectivity index (χ1v) is 11.9. The molecule has 0 spiro atoms. The van der Waals surface area contributed by atoms with Gasteiger partial charge in [0.05, 0.1) is 5.57 Å². The molecule has 5 nitrogen and oxygen atoms in total. The molecule has 0 aromatic heterocycles. The molecule has 1 aliphatic rings. The van der Waals surface area contributed by atoms with Gasteiger partial charge in [0.1, 0.15) is 0 Å². The number of hydrogen-bond donors (Lipinski definition) is 2. The first kappa shape index (κ1) is 24.3. The molecule has 0 radical (unpaired) electrons. The zero-order valence-corrected chi connectivity index (χ0v) is 19.6. The van der Waals surface area contributed by atoms with E-state index in [1.54, 1.807) is 6.08 Å². The lowest BCUT2D eigenvalue weighted by Crippen LogP contribution is -2.36. The largest absolute Gasteiger partial charge is 0.376 e. The maximum Gasteiger partial charge on any atom is 0.251 e. The van der Waals surface area contributed by atoms with Gasteiger partial charge in [-0.25, -0.2) is 0 Å². The van der Waals surface area contributed by atoms with Gasteiger partial charge in [0.15, 0.2) is 0 Å². The van der Waals surface area contributed by atoms with Gasteiger partial charge in [-0.3, -0.25) is 9.59 Å². The van der Waals surface area contributed by atoms with Crippen LogP contribution in [0.5, 0.6) is 0 Å². The maximum atomic E-state index is 12.8. The molecule has 0 fully saturated rings. The second-order valence-electron chi connectivity index (χ2n) is 8.52. The molecule has 0 saturated heterocycles. The first-order chi connectivity index (χ1) is 16.1. The van der Waals surface area contributed by atoms with Crippen LogP contribution in [0.25, 0.3) is 0 Å². The van der Waals surface area contributed by atoms with E-state index in [0.29, 0.717) is 30.8 Å². The summed E-state index contributed by atoms with van der Waals surface area (Å²) < 4.78 is 0. The fourth-order valence-corrected chi connectivity index (χ4v) is 3.90. The summed E-state index contributed by atoms with van der Waals surface area (Å²) in [7, 11) is 1.90. The summed E-state index contributed by atoms with van der Waals surface area (Å²) in [5.74, 6) is -0.326. The van der Waals surface area contributed by atoms with Crippen molar-refractivity contribution in [1.29, 1.82) is 0 Å². The van der Waals surface area contributed by atoms with Crippen LogP contribution in [0, 0.1) is 0 Å². The molecule has 0 bridgehead atoms. The van der Waals surface area contributed by atoms with E-state index < -0.39 is 0 Å². The summed E-state index contributed by atoms with van der Waals surface area (Å²) in [4.78, 5) is 27.5. The zero-order chi connectivity index (χ0) is 23.3. The molecule has 3 rings (SSSR count). The minimum absolute atomic E-state index is 0.153. The van der Waals surface area contributed by atoms with E-state index in [9.17, 15) is 9.59 Å². The average Bonchev–Trinajstić information content (AvgIpc) is 2.84. The number of carbonyl (C=O) groups excluding carboxylic acids is 2. The highest BCUT2D eigenvalue weighted by Gasteiger charge is 2.22. The summed E-state index contributed by atoms with van der Waals surface area (Å²) in [6.07, 6.45) is 9.43. The van der Waals surface area contributed by atoms with Crippen LogP contribution in [0.1, 0.15) is 36.8 Å². The van der Waals surface area contributed by atoms with Crippen molar-refractivity contribution in [3.63, 3.8) is 0 Å². The van der Waals surface area contributed by atoms with Crippen molar-refractivity contribution in [2.75, 3.05) is 26.7 Å². The van der Waals surface area contributed by atoms with E-state index in [1.165, 1.54) is 11.1 Å². The Kier molecular flexibility index (Phi) is 9.77. The number of amides is 2. The molecule has 2 aromatic rings. The van der Waals surface area contributed by atoms with Crippen molar-refractivity contribution < 1.29 is 9.59 Å². The molecule has 5 heteroatoms. The Bertz CT molecular complexity index is 952. The van der Waals surface area contributed by atoms with Gasteiger partial charge in [-0.1, -0.05) is 60.7 Å². The number of nitrogens with zero attached hydrogens (tertiary/aromatic N) is 1. The number of nitrogens with one attached hydrogen (secondary N) is 2. The predicted molar refractivity (Wildman–Crippen MR) is 134 cm³/mol. The van der Waals surface area contributed by atoms with Crippen molar-refractivity contribution >= 4 is 11.8 Å². The zero-order valence-electron chi connectivity index (χ0n) is 19.6. The predicted octanol–water partition coefficient (Wildman–Crippen LogP) is 4.02. The fourth-order valence-electron chi connectivity index (χ4n) is 3.90. The van der Waals surface area contributed by atoms with Crippen LogP contribution in [-0.4, -0.2) is 43.4 Å². The normalized spacial score (nSPS) is 13.2. The van der Waals surface area contributed by atoms with E-state index in [2.05, 4.69) is 34.9 Å². The van der Waals surface area contributed by atoms with Gasteiger partial charge in [0, 0.05) is 32.3 Å². The average molecular weight is 446 g/mol. The highest BCUT2D eigenvalue weighted by molar-refractivity contribution is 6.07. The van der Waals surface area contributed by atoms with E-state index >= 15 is 0 Å². The molecule has 0 saturated carbocycles. The minimum atomic E-state index is -0.173. The van der Waals surface area contributed by atoms with Crippen molar-refractivity contribution in [3.05, 3.63) is 95.2 Å². The van der Waals surface area contributed by atoms with Crippen molar-refractivity contribution in [1.82, 2.24) is 15.5 Å². The smallest absolute Gasteiger partial charge is 0.251 e. The molecule has 174 valence electrons. The monoisotopic (exact) mass is 445 g/mol. The lowest BCUT2D eigenvalue weighted by molar-refractivity contribution is -0.120. The topological polar surface area (TPSA) is 61.4 Å². The minimum Gasteiger partial charge on any atom is -0.376 e. The Labute approximate surface area is 197 Å². The molecule has 2 aromatic carbocycles. The highest BCUT2D eigenvalue weighted by atomic mass is 16.2. The number of rotatable bonds is 12. The van der Waals surface area contributed by atoms with Gasteiger partial charge in [-0.05, 0) is 61.9 Å². The molecule has 2 amide bonds. The third-order valence-corrected chi connectivity index (χ3v) is 5.79. The van der Waals surface area contributed by atoms with E-state index in [0.717, 1.165) is 38.5 Å². The molecule has 0 atom stereocenters. The SMILES string of the molecule is CN1C=CC(C(=O)NCCCCc2ccccc2)=C(C(=O)NCCCCc2ccccc2)C1. The quantitative estimate of drug-likeness (QED) is 0.485. The van der Waals surface area contributed by atoms with E-state index in [1.807, 2.05) is 54.5 Å². The summed E-state index contributed by atoms with van der Waals surface area (Å²) in [5, 5.41) is 5.99. The molecular weight excluding hydrogens is 410 g/mol. The Hall–Kier alpha value is -3.34. The van der Waals surface area contributed by atoms with Gasteiger partial charge >= 0.3 is 0 Å². The van der Waals surface area contributed by atoms with Crippen LogP contribution in [0.2, 0.25) is 0 Å². The van der Waals surface area contributed by atoms with Gasteiger partial charge < -0.3 is 15.5 Å². The number of benzene rings is 2. The first-order valence-electron chi connectivity index (χ1n) is 11.9. The van der Waals surface area contributed by atoms with Crippen LogP contribution in [-0.2, 0) is 22.4 Å². The number of likely N-dealkylation sites (N-methyl/N-ethyl adjacent to an activating group) is 1. The van der Waals surface area contributed by atoms with Crippen LogP contribution in [0.4, 0.5) is 0 Å². The maximum absolute atomic E-state index is 12.8. The van der Waals surface area contributed by atoms with Crippen LogP contribution in [0.3, 0.4) is 0 Å². The number of carbonyl (C=O) groups is 2. The van der Waals surface area contributed by atoms with E-state index in [-0.39, 0.29) is 11.8 Å². The molecule has 33 heavy (non-hydrogen) atoms. The molecule has 1 heterocycles. The summed E-state index contributed by atoms with van der Waals surface area (Å²) >= 11 is 0. The van der Waals surface area contributed by atoms with Crippen molar-refractivity contribution in [2.24, 2.45) is 0 Å².